The van der Waals surface area contributed by atoms with Gasteiger partial charge in [0.15, 0.2) is 11.8 Å². The summed E-state index contributed by atoms with van der Waals surface area (Å²) in [5, 5.41) is 2.87. The van der Waals surface area contributed by atoms with Gasteiger partial charge in [-0.25, -0.2) is 8.42 Å². The number of nitrogens with one attached hydrogen (secondary N) is 2. The monoisotopic (exact) mass is 430 g/mol. The number of hydrogen-bond donors (Lipinski definition) is 2. The van der Waals surface area contributed by atoms with Gasteiger partial charge in [0.2, 0.25) is 10.0 Å². The molecule has 1 atom stereocenters. The standard InChI is InChI=1S/C22H27N3O4S/c1-16-4-10-21(11-5-16)30(28,29)25-14-12-24(13-15-25)17(2)22(27)23-20-8-6-19(7-9-20)18(3)26/h4-11,17H,12-15H2,1-3H3,(H,23,27)/p+1/t17-/m1/s1. The van der Waals surface area contributed by atoms with Gasteiger partial charge in [0, 0.05) is 11.3 Å². The quantitative estimate of drug-likeness (QED) is 0.672. The Kier molecular flexibility index (Phi) is 6.70. The van der Waals surface area contributed by atoms with Crippen molar-refractivity contribution in [3.05, 3.63) is 59.7 Å². The molecule has 2 N–H and O–H groups in total. The minimum absolute atomic E-state index is 0.0239. The van der Waals surface area contributed by atoms with Gasteiger partial charge in [-0.1, -0.05) is 17.7 Å². The second-order valence-corrected chi connectivity index (χ2v) is 9.66. The molecule has 0 aliphatic carbocycles. The van der Waals surface area contributed by atoms with Gasteiger partial charge in [0.1, 0.15) is 0 Å². The molecular weight excluding hydrogens is 402 g/mol. The van der Waals surface area contributed by atoms with E-state index >= 15 is 0 Å². The number of Topliss-reactive ketones (excluding diaryl/α,β-unsaturated/α-hetero) is 1. The zero-order valence-electron chi connectivity index (χ0n) is 17.5. The minimum atomic E-state index is -3.52. The summed E-state index contributed by atoms with van der Waals surface area (Å²) in [6.07, 6.45) is 0. The van der Waals surface area contributed by atoms with Crippen LogP contribution in [0, 0.1) is 6.92 Å². The van der Waals surface area contributed by atoms with Crippen LogP contribution in [0.15, 0.2) is 53.4 Å². The number of rotatable bonds is 6. The van der Waals surface area contributed by atoms with Crippen molar-refractivity contribution in [1.82, 2.24) is 4.31 Å². The van der Waals surface area contributed by atoms with Crippen LogP contribution in [-0.4, -0.2) is 56.6 Å². The number of hydrogen-bond acceptors (Lipinski definition) is 4. The van der Waals surface area contributed by atoms with Crippen LogP contribution in [0.5, 0.6) is 0 Å². The predicted octanol–water partition coefficient (Wildman–Crippen LogP) is 1.11. The first-order valence-corrected chi connectivity index (χ1v) is 11.5. The molecule has 0 aromatic heterocycles. The molecule has 30 heavy (non-hydrogen) atoms. The Balaban J connectivity index is 1.57. The Morgan fingerprint density at radius 3 is 2.10 bits per heavy atom. The molecular formula is C22H28N3O4S+. The second kappa shape index (κ2) is 9.07. The van der Waals surface area contributed by atoms with E-state index < -0.39 is 10.0 Å². The molecule has 0 spiro atoms. The van der Waals surface area contributed by atoms with Crippen molar-refractivity contribution in [2.75, 3.05) is 31.5 Å². The average molecular weight is 431 g/mol. The molecule has 0 saturated carbocycles. The number of ketones is 1. The molecule has 2 aromatic rings. The third-order valence-corrected chi connectivity index (χ3v) is 7.50. The molecule has 7 nitrogen and oxygen atoms in total. The number of piperazine rings is 1. The van der Waals surface area contributed by atoms with Gasteiger partial charge in [-0.3, -0.25) is 9.59 Å². The van der Waals surface area contributed by atoms with E-state index in [4.69, 9.17) is 0 Å². The zero-order chi connectivity index (χ0) is 21.9. The summed E-state index contributed by atoms with van der Waals surface area (Å²) >= 11 is 0. The van der Waals surface area contributed by atoms with E-state index in [1.165, 1.54) is 11.2 Å². The normalized spacial score (nSPS) is 16.8. The topological polar surface area (TPSA) is 88.0 Å². The lowest BCUT2D eigenvalue weighted by atomic mass is 10.1. The van der Waals surface area contributed by atoms with Crippen LogP contribution in [-0.2, 0) is 14.8 Å². The second-order valence-electron chi connectivity index (χ2n) is 7.72. The number of nitrogens with zero attached hydrogens (tertiary/aromatic N) is 1. The van der Waals surface area contributed by atoms with Gasteiger partial charge in [0.25, 0.3) is 5.91 Å². The molecule has 1 aliphatic rings. The molecule has 3 rings (SSSR count). The van der Waals surface area contributed by atoms with E-state index in [-0.39, 0.29) is 17.7 Å². The fourth-order valence-electron chi connectivity index (χ4n) is 3.53. The van der Waals surface area contributed by atoms with E-state index in [1.807, 2.05) is 13.8 Å². The third kappa shape index (κ3) is 4.95. The third-order valence-electron chi connectivity index (χ3n) is 5.59. The maximum atomic E-state index is 12.8. The van der Waals surface area contributed by atoms with E-state index in [0.717, 1.165) is 10.5 Å². The molecule has 1 aliphatic heterocycles. The van der Waals surface area contributed by atoms with E-state index in [2.05, 4.69) is 5.32 Å². The highest BCUT2D eigenvalue weighted by atomic mass is 32.2. The van der Waals surface area contributed by atoms with E-state index in [1.54, 1.807) is 48.5 Å². The molecule has 160 valence electrons. The SMILES string of the molecule is CC(=O)c1ccc(NC(=O)[C@@H](C)[NH+]2CCN(S(=O)(=O)c3ccc(C)cc3)CC2)cc1. The van der Waals surface area contributed by atoms with Gasteiger partial charge in [0.05, 0.1) is 31.1 Å². The number of anilines is 1. The van der Waals surface area contributed by atoms with Crippen molar-refractivity contribution < 1.29 is 22.9 Å². The number of carbonyl (C=O) groups is 2. The molecule has 1 fully saturated rings. The van der Waals surface area contributed by atoms with E-state index in [9.17, 15) is 18.0 Å². The van der Waals surface area contributed by atoms with Crippen LogP contribution >= 0.6 is 0 Å². The molecule has 1 saturated heterocycles. The van der Waals surface area contributed by atoms with Crippen LogP contribution in [0.3, 0.4) is 0 Å². The van der Waals surface area contributed by atoms with Crippen LogP contribution < -0.4 is 10.2 Å². The van der Waals surface area contributed by atoms with Crippen molar-refractivity contribution in [2.45, 2.75) is 31.7 Å². The molecule has 1 amide bonds. The number of benzene rings is 2. The first-order valence-electron chi connectivity index (χ1n) is 10.0. The summed E-state index contributed by atoms with van der Waals surface area (Å²) in [6.45, 7) is 7.12. The van der Waals surface area contributed by atoms with Crippen LogP contribution in [0.1, 0.15) is 29.8 Å². The van der Waals surface area contributed by atoms with Gasteiger partial charge in [-0.2, -0.15) is 4.31 Å². The van der Waals surface area contributed by atoms with Crippen LogP contribution in [0.4, 0.5) is 5.69 Å². The molecule has 0 unspecified atom stereocenters. The summed E-state index contributed by atoms with van der Waals surface area (Å²) in [7, 11) is -3.52. The van der Waals surface area contributed by atoms with Crippen molar-refractivity contribution in [3.63, 3.8) is 0 Å². The Morgan fingerprint density at radius 2 is 1.57 bits per heavy atom. The first kappa shape index (κ1) is 22.1. The maximum absolute atomic E-state index is 12.8. The summed E-state index contributed by atoms with van der Waals surface area (Å²) in [5.41, 5.74) is 2.24. The lowest BCUT2D eigenvalue weighted by Crippen LogP contribution is -3.19. The number of carbonyl (C=O) groups excluding carboxylic acids is 2. The largest absolute Gasteiger partial charge is 0.323 e. The lowest BCUT2D eigenvalue weighted by Gasteiger charge is -2.34. The van der Waals surface area contributed by atoms with Crippen molar-refractivity contribution in [3.8, 4) is 0 Å². The van der Waals surface area contributed by atoms with E-state index in [0.29, 0.717) is 42.3 Å². The maximum Gasteiger partial charge on any atom is 0.282 e. The Hall–Kier alpha value is -2.55. The number of quaternary nitrogens is 1. The Labute approximate surface area is 177 Å². The Morgan fingerprint density at radius 1 is 1.00 bits per heavy atom. The van der Waals surface area contributed by atoms with Crippen LogP contribution in [0.25, 0.3) is 0 Å². The summed E-state index contributed by atoms with van der Waals surface area (Å²) in [6, 6.07) is 13.3. The first-order chi connectivity index (χ1) is 14.2. The molecule has 1 heterocycles. The predicted molar refractivity (Wildman–Crippen MR) is 115 cm³/mol. The molecule has 2 aromatic carbocycles. The molecule has 0 radical (unpaired) electrons. The molecule has 8 heteroatoms. The smallest absolute Gasteiger partial charge is 0.282 e. The minimum Gasteiger partial charge on any atom is -0.323 e. The fraction of sp³-hybridized carbons (Fsp3) is 0.364. The van der Waals surface area contributed by atoms with Gasteiger partial charge >= 0.3 is 0 Å². The molecule has 0 bridgehead atoms. The Bertz CT molecular complexity index is 1010. The fourth-order valence-corrected chi connectivity index (χ4v) is 4.97. The van der Waals surface area contributed by atoms with Gasteiger partial charge < -0.3 is 10.2 Å². The summed E-state index contributed by atoms with van der Waals surface area (Å²) in [5.74, 6) is -0.153. The van der Waals surface area contributed by atoms with Gasteiger partial charge in [-0.15, -0.1) is 0 Å². The average Bonchev–Trinajstić information content (AvgIpc) is 2.74. The number of amides is 1. The highest BCUT2D eigenvalue weighted by Crippen LogP contribution is 2.16. The summed E-state index contributed by atoms with van der Waals surface area (Å²) in [4.78, 5) is 25.3. The van der Waals surface area contributed by atoms with Crippen molar-refractivity contribution >= 4 is 27.4 Å². The van der Waals surface area contributed by atoms with Crippen molar-refractivity contribution in [1.29, 1.82) is 0 Å². The number of aryl methyl sites for hydroxylation is 1. The highest BCUT2D eigenvalue weighted by molar-refractivity contribution is 7.89. The summed E-state index contributed by atoms with van der Waals surface area (Å²) < 4.78 is 27.2. The van der Waals surface area contributed by atoms with Crippen molar-refractivity contribution in [2.24, 2.45) is 0 Å². The lowest BCUT2D eigenvalue weighted by molar-refractivity contribution is -0.917. The zero-order valence-corrected chi connectivity index (χ0v) is 18.3. The van der Waals surface area contributed by atoms with Gasteiger partial charge in [-0.05, 0) is 57.2 Å². The van der Waals surface area contributed by atoms with Crippen LogP contribution in [0.2, 0.25) is 0 Å². The highest BCUT2D eigenvalue weighted by Gasteiger charge is 2.34. The number of sulfonamides is 1.